The molecule has 2 saturated heterocycles. The number of methoxy groups -OCH3 is 1. The largest absolute Gasteiger partial charge is 0.497 e. The number of benzene rings is 3. The molecule has 5 rings (SSSR count). The number of nitrogens with one attached hydrogen (secondary N) is 1. The summed E-state index contributed by atoms with van der Waals surface area (Å²) in [5.74, 6) is -0.409. The molecule has 2 amide bonds. The Balaban J connectivity index is 1.15. The lowest BCUT2D eigenvalue weighted by Crippen LogP contribution is -2.44. The Hall–Kier alpha value is -4.05. The number of piperazine rings is 1. The lowest BCUT2D eigenvalue weighted by molar-refractivity contribution is -0.137. The second kappa shape index (κ2) is 12.4. The maximum atomic E-state index is 13.3. The minimum atomic E-state index is -4.57. The SMILES string of the molecule is COc1cc(C(=O)N2CCC(c3ccc(NC(=O)c4ccc(N5CCN(C)CC5)cc4)cc3)CC2)cc(C(F)(F)F)c1. The number of piperidine rings is 1. The Kier molecular flexibility index (Phi) is 8.72. The van der Waals surface area contributed by atoms with Crippen LogP contribution in [0.5, 0.6) is 5.75 Å². The number of nitrogens with zero attached hydrogens (tertiary/aromatic N) is 3. The van der Waals surface area contributed by atoms with Crippen molar-refractivity contribution in [2.45, 2.75) is 24.9 Å². The molecule has 7 nitrogen and oxygen atoms in total. The number of ether oxygens (including phenoxy) is 1. The summed E-state index contributed by atoms with van der Waals surface area (Å²) in [5.41, 5.74) is 2.55. The zero-order valence-electron chi connectivity index (χ0n) is 23.8. The second-order valence-corrected chi connectivity index (χ2v) is 10.9. The van der Waals surface area contributed by atoms with Gasteiger partial charge in [0.1, 0.15) is 5.75 Å². The molecule has 0 bridgehead atoms. The molecular weight excluding hydrogens is 545 g/mol. The van der Waals surface area contributed by atoms with Crippen molar-refractivity contribution in [1.82, 2.24) is 9.80 Å². The fourth-order valence-corrected chi connectivity index (χ4v) is 5.53. The molecule has 2 aliphatic heterocycles. The van der Waals surface area contributed by atoms with Crippen LogP contribution in [0.1, 0.15) is 50.6 Å². The third-order valence-electron chi connectivity index (χ3n) is 8.14. The minimum Gasteiger partial charge on any atom is -0.497 e. The Morgan fingerprint density at radius 3 is 2.07 bits per heavy atom. The molecule has 3 aromatic carbocycles. The van der Waals surface area contributed by atoms with Crippen LogP contribution >= 0.6 is 0 Å². The van der Waals surface area contributed by atoms with Crippen LogP contribution in [0.3, 0.4) is 0 Å². The summed E-state index contributed by atoms with van der Waals surface area (Å²) in [4.78, 5) is 32.1. The maximum absolute atomic E-state index is 13.3. The number of carbonyl (C=O) groups is 2. The molecule has 42 heavy (non-hydrogen) atoms. The van der Waals surface area contributed by atoms with Crippen molar-refractivity contribution in [1.29, 1.82) is 0 Å². The van der Waals surface area contributed by atoms with Gasteiger partial charge in [-0.3, -0.25) is 9.59 Å². The summed E-state index contributed by atoms with van der Waals surface area (Å²) < 4.78 is 44.9. The molecule has 10 heteroatoms. The van der Waals surface area contributed by atoms with E-state index in [0.29, 0.717) is 37.2 Å². The maximum Gasteiger partial charge on any atom is 0.416 e. The van der Waals surface area contributed by atoms with Crippen molar-refractivity contribution in [2.75, 3.05) is 63.6 Å². The number of hydrogen-bond donors (Lipinski definition) is 1. The molecule has 0 aliphatic carbocycles. The predicted octanol–water partition coefficient (Wildman–Crippen LogP) is 5.74. The quantitative estimate of drug-likeness (QED) is 0.403. The van der Waals surface area contributed by atoms with E-state index >= 15 is 0 Å². The summed E-state index contributed by atoms with van der Waals surface area (Å²) in [6.45, 7) is 4.84. The third kappa shape index (κ3) is 6.87. The molecule has 0 saturated carbocycles. The van der Waals surface area contributed by atoms with Crippen LogP contribution in [0.2, 0.25) is 0 Å². The van der Waals surface area contributed by atoms with Gasteiger partial charge in [0.25, 0.3) is 11.8 Å². The van der Waals surface area contributed by atoms with Crippen LogP contribution < -0.4 is 15.0 Å². The molecular formula is C32H35F3N4O3. The second-order valence-electron chi connectivity index (χ2n) is 10.9. The molecule has 0 spiro atoms. The molecule has 0 unspecified atom stereocenters. The first kappa shape index (κ1) is 29.4. The van der Waals surface area contributed by atoms with Gasteiger partial charge in [-0.2, -0.15) is 13.2 Å². The summed E-state index contributed by atoms with van der Waals surface area (Å²) >= 11 is 0. The Labute approximate surface area is 243 Å². The standard InChI is InChI=1S/C32H35F3N4O3/c1-37-15-17-38(18-16-37)28-9-5-24(6-10-28)30(40)36-27-7-3-22(4-8-27)23-11-13-39(14-12-23)31(41)25-19-26(32(33,34)35)21-29(20-25)42-2/h3-10,19-21,23H,11-18H2,1-2H3,(H,36,40). The first-order valence-corrected chi connectivity index (χ1v) is 14.1. The van der Waals surface area contributed by atoms with Gasteiger partial charge in [-0.25, -0.2) is 0 Å². The highest BCUT2D eigenvalue weighted by molar-refractivity contribution is 6.04. The summed E-state index contributed by atoms with van der Waals surface area (Å²) in [5, 5.41) is 2.96. The molecule has 0 radical (unpaired) electrons. The monoisotopic (exact) mass is 580 g/mol. The van der Waals surface area contributed by atoms with Crippen LogP contribution in [-0.2, 0) is 6.18 Å². The van der Waals surface area contributed by atoms with Gasteiger partial charge >= 0.3 is 6.18 Å². The van der Waals surface area contributed by atoms with Gasteiger partial charge in [-0.1, -0.05) is 12.1 Å². The Bertz CT molecular complexity index is 1390. The summed E-state index contributed by atoms with van der Waals surface area (Å²) in [6.07, 6.45) is -3.20. The molecule has 222 valence electrons. The zero-order valence-corrected chi connectivity index (χ0v) is 23.8. The summed E-state index contributed by atoms with van der Waals surface area (Å²) in [6, 6.07) is 18.5. The van der Waals surface area contributed by atoms with E-state index in [-0.39, 0.29) is 23.1 Å². The highest BCUT2D eigenvalue weighted by Gasteiger charge is 2.33. The van der Waals surface area contributed by atoms with E-state index in [4.69, 9.17) is 4.74 Å². The van der Waals surface area contributed by atoms with Gasteiger partial charge in [-0.05, 0) is 86.0 Å². The molecule has 1 N–H and O–H groups in total. The number of anilines is 2. The zero-order chi connectivity index (χ0) is 29.9. The van der Waals surface area contributed by atoms with Crippen LogP contribution in [0, 0.1) is 0 Å². The first-order chi connectivity index (χ1) is 20.1. The van der Waals surface area contributed by atoms with Crippen molar-refractivity contribution in [3.05, 3.63) is 89.0 Å². The molecule has 0 aromatic heterocycles. The number of halogens is 3. The number of alkyl halides is 3. The fourth-order valence-electron chi connectivity index (χ4n) is 5.53. The van der Waals surface area contributed by atoms with Crippen molar-refractivity contribution in [3.8, 4) is 5.75 Å². The molecule has 3 aromatic rings. The van der Waals surface area contributed by atoms with Gasteiger partial charge in [0.2, 0.25) is 0 Å². The van der Waals surface area contributed by atoms with Crippen molar-refractivity contribution in [2.24, 2.45) is 0 Å². The average molecular weight is 581 g/mol. The highest BCUT2D eigenvalue weighted by Crippen LogP contribution is 2.34. The number of likely N-dealkylation sites (tertiary alicyclic amines) is 1. The molecule has 0 atom stereocenters. The lowest BCUT2D eigenvalue weighted by atomic mass is 9.89. The number of hydrogen-bond acceptors (Lipinski definition) is 5. The average Bonchev–Trinajstić information content (AvgIpc) is 3.01. The molecule has 2 heterocycles. The van der Waals surface area contributed by atoms with E-state index in [9.17, 15) is 22.8 Å². The van der Waals surface area contributed by atoms with Crippen LogP contribution in [0.25, 0.3) is 0 Å². The van der Waals surface area contributed by atoms with Crippen LogP contribution in [-0.4, -0.2) is 75.0 Å². The van der Waals surface area contributed by atoms with Gasteiger partial charge in [0.05, 0.1) is 12.7 Å². The van der Waals surface area contributed by atoms with Crippen LogP contribution in [0.15, 0.2) is 66.7 Å². The Morgan fingerprint density at radius 2 is 1.48 bits per heavy atom. The summed E-state index contributed by atoms with van der Waals surface area (Å²) in [7, 11) is 3.40. The molecule has 2 fully saturated rings. The van der Waals surface area contributed by atoms with Gasteiger partial charge in [-0.15, -0.1) is 0 Å². The number of amides is 2. The minimum absolute atomic E-state index is 0.00193. The smallest absolute Gasteiger partial charge is 0.416 e. The topological polar surface area (TPSA) is 65.1 Å². The normalized spacial score (nSPS) is 16.8. The number of likely N-dealkylation sites (N-methyl/N-ethyl adjacent to an activating group) is 1. The van der Waals surface area contributed by atoms with E-state index in [1.54, 1.807) is 4.90 Å². The lowest BCUT2D eigenvalue weighted by Gasteiger charge is -2.34. The highest BCUT2D eigenvalue weighted by atomic mass is 19.4. The Morgan fingerprint density at radius 1 is 0.833 bits per heavy atom. The van der Waals surface area contributed by atoms with Crippen molar-refractivity contribution < 1.29 is 27.5 Å². The van der Waals surface area contributed by atoms with E-state index in [0.717, 1.165) is 49.6 Å². The molecule has 2 aliphatic rings. The third-order valence-corrected chi connectivity index (χ3v) is 8.14. The van der Waals surface area contributed by atoms with Gasteiger partial charge in [0, 0.05) is 61.8 Å². The van der Waals surface area contributed by atoms with E-state index in [1.165, 1.54) is 13.2 Å². The van der Waals surface area contributed by atoms with Gasteiger partial charge < -0.3 is 24.8 Å². The van der Waals surface area contributed by atoms with E-state index < -0.39 is 17.6 Å². The fraction of sp³-hybridized carbons (Fsp3) is 0.375. The predicted molar refractivity (Wildman–Crippen MR) is 156 cm³/mol. The van der Waals surface area contributed by atoms with E-state index in [2.05, 4.69) is 22.2 Å². The first-order valence-electron chi connectivity index (χ1n) is 14.1. The number of rotatable bonds is 6. The van der Waals surface area contributed by atoms with Crippen LogP contribution in [0.4, 0.5) is 24.5 Å². The van der Waals surface area contributed by atoms with Gasteiger partial charge in [0.15, 0.2) is 0 Å². The van der Waals surface area contributed by atoms with E-state index in [1.807, 2.05) is 48.5 Å². The number of carbonyl (C=O) groups excluding carboxylic acids is 2. The van der Waals surface area contributed by atoms with Crippen molar-refractivity contribution in [3.63, 3.8) is 0 Å². The van der Waals surface area contributed by atoms with Crippen molar-refractivity contribution >= 4 is 23.2 Å².